The highest BCUT2D eigenvalue weighted by Gasteiger charge is 2.34. The molecule has 0 aliphatic carbocycles. The van der Waals surface area contributed by atoms with Gasteiger partial charge in [-0.15, -0.1) is 0 Å². The molecule has 0 radical (unpaired) electrons. The summed E-state index contributed by atoms with van der Waals surface area (Å²) in [5.41, 5.74) is 3.03. The Kier molecular flexibility index (Phi) is 5.31. The molecule has 2 aliphatic rings. The number of ether oxygens (including phenoxy) is 2. The minimum atomic E-state index is -0.427. The van der Waals surface area contributed by atoms with Crippen molar-refractivity contribution in [2.45, 2.75) is 26.6 Å². The molecule has 0 bridgehead atoms. The number of nitrogens with one attached hydrogen (secondary N) is 1. The molecule has 1 aromatic rings. The van der Waals surface area contributed by atoms with E-state index >= 15 is 0 Å². The molecule has 132 valence electrons. The SMILES string of the molecule is CC1=CCC=C(COC(C)OCCN2C(=O)c3ccccc3C2=O)N1. The fourth-order valence-electron chi connectivity index (χ4n) is 2.84. The van der Waals surface area contributed by atoms with Crippen LogP contribution in [0.5, 0.6) is 0 Å². The molecule has 0 aromatic heterocycles. The van der Waals surface area contributed by atoms with E-state index < -0.39 is 6.29 Å². The number of imide groups is 1. The lowest BCUT2D eigenvalue weighted by molar-refractivity contribution is -0.125. The minimum Gasteiger partial charge on any atom is -0.361 e. The van der Waals surface area contributed by atoms with E-state index in [0.29, 0.717) is 17.7 Å². The summed E-state index contributed by atoms with van der Waals surface area (Å²) in [4.78, 5) is 25.7. The number of hydrogen-bond donors (Lipinski definition) is 1. The molecule has 1 atom stereocenters. The second kappa shape index (κ2) is 7.63. The third kappa shape index (κ3) is 3.97. The summed E-state index contributed by atoms with van der Waals surface area (Å²) < 4.78 is 11.2. The highest BCUT2D eigenvalue weighted by Crippen LogP contribution is 2.22. The van der Waals surface area contributed by atoms with Crippen molar-refractivity contribution in [3.8, 4) is 0 Å². The number of hydrogen-bond acceptors (Lipinski definition) is 5. The van der Waals surface area contributed by atoms with Crippen LogP contribution in [0.4, 0.5) is 0 Å². The van der Waals surface area contributed by atoms with Gasteiger partial charge in [0.05, 0.1) is 30.9 Å². The standard InChI is InChI=1S/C19H22N2O4/c1-13-6-5-7-15(20-13)12-25-14(2)24-11-10-21-18(22)16-8-3-4-9-17(16)19(21)23/h3-4,6-9,14,20H,5,10-12H2,1-2H3. The van der Waals surface area contributed by atoms with Gasteiger partial charge in [-0.3, -0.25) is 14.5 Å². The molecule has 0 spiro atoms. The second-order valence-electron chi connectivity index (χ2n) is 6.03. The number of amides is 2. The van der Waals surface area contributed by atoms with Gasteiger partial charge in [0.2, 0.25) is 0 Å². The van der Waals surface area contributed by atoms with Crippen LogP contribution in [-0.2, 0) is 9.47 Å². The Morgan fingerprint density at radius 3 is 2.44 bits per heavy atom. The molecule has 1 N–H and O–H groups in total. The largest absolute Gasteiger partial charge is 0.361 e. The van der Waals surface area contributed by atoms with Gasteiger partial charge in [-0.25, -0.2) is 0 Å². The van der Waals surface area contributed by atoms with E-state index in [4.69, 9.17) is 9.47 Å². The Bertz CT molecular complexity index is 704. The third-order valence-electron chi connectivity index (χ3n) is 4.17. The highest BCUT2D eigenvalue weighted by molar-refractivity contribution is 6.21. The predicted molar refractivity (Wildman–Crippen MR) is 92.8 cm³/mol. The van der Waals surface area contributed by atoms with Crippen molar-refractivity contribution in [2.24, 2.45) is 0 Å². The first kappa shape index (κ1) is 17.4. The molecule has 2 amide bonds. The van der Waals surface area contributed by atoms with Crippen molar-refractivity contribution >= 4 is 11.8 Å². The van der Waals surface area contributed by atoms with E-state index in [9.17, 15) is 9.59 Å². The summed E-state index contributed by atoms with van der Waals surface area (Å²) in [5.74, 6) is -0.534. The maximum absolute atomic E-state index is 12.2. The zero-order valence-electron chi connectivity index (χ0n) is 14.5. The maximum atomic E-state index is 12.2. The number of benzene rings is 1. The van der Waals surface area contributed by atoms with Crippen molar-refractivity contribution in [2.75, 3.05) is 19.8 Å². The molecule has 2 aliphatic heterocycles. The number of dihydropyridines is 1. The highest BCUT2D eigenvalue weighted by atomic mass is 16.7. The molecule has 0 saturated carbocycles. The number of fused-ring (bicyclic) bond motifs is 1. The van der Waals surface area contributed by atoms with Crippen LogP contribution in [0.15, 0.2) is 47.8 Å². The zero-order chi connectivity index (χ0) is 17.8. The van der Waals surface area contributed by atoms with Gasteiger partial charge < -0.3 is 14.8 Å². The molecule has 0 fully saturated rings. The first-order valence-corrected chi connectivity index (χ1v) is 8.37. The Balaban J connectivity index is 1.42. The summed E-state index contributed by atoms with van der Waals surface area (Å²) in [6.45, 7) is 4.68. The zero-order valence-corrected chi connectivity index (χ0v) is 14.5. The summed E-state index contributed by atoms with van der Waals surface area (Å²) >= 11 is 0. The van der Waals surface area contributed by atoms with E-state index in [-0.39, 0.29) is 25.0 Å². The maximum Gasteiger partial charge on any atom is 0.261 e. The van der Waals surface area contributed by atoms with Gasteiger partial charge in [-0.05, 0) is 32.4 Å². The van der Waals surface area contributed by atoms with Crippen LogP contribution in [-0.4, -0.2) is 42.8 Å². The number of carbonyl (C=O) groups excluding carboxylic acids is 2. The average molecular weight is 342 g/mol. The molecule has 1 unspecified atom stereocenters. The van der Waals surface area contributed by atoms with Crippen LogP contribution in [0, 0.1) is 0 Å². The third-order valence-corrected chi connectivity index (χ3v) is 4.17. The van der Waals surface area contributed by atoms with Crippen molar-refractivity contribution in [1.29, 1.82) is 0 Å². The van der Waals surface area contributed by atoms with Crippen LogP contribution >= 0.6 is 0 Å². The molecule has 6 heteroatoms. The summed E-state index contributed by atoms with van der Waals surface area (Å²) in [6, 6.07) is 6.85. The summed E-state index contributed by atoms with van der Waals surface area (Å²) in [5, 5.41) is 3.24. The molecular formula is C19H22N2O4. The van der Waals surface area contributed by atoms with Gasteiger partial charge in [0.25, 0.3) is 11.8 Å². The van der Waals surface area contributed by atoms with E-state index in [2.05, 4.69) is 17.5 Å². The van der Waals surface area contributed by atoms with Gasteiger partial charge in [0.1, 0.15) is 0 Å². The van der Waals surface area contributed by atoms with Gasteiger partial charge >= 0.3 is 0 Å². The lowest BCUT2D eigenvalue weighted by atomic mass is 10.1. The Morgan fingerprint density at radius 2 is 1.80 bits per heavy atom. The lowest BCUT2D eigenvalue weighted by Gasteiger charge is -2.20. The summed E-state index contributed by atoms with van der Waals surface area (Å²) in [7, 11) is 0. The van der Waals surface area contributed by atoms with Gasteiger partial charge in [-0.2, -0.15) is 0 Å². The van der Waals surface area contributed by atoms with Gasteiger partial charge in [0.15, 0.2) is 6.29 Å². The Morgan fingerprint density at radius 1 is 1.12 bits per heavy atom. The van der Waals surface area contributed by atoms with Gasteiger partial charge in [-0.1, -0.05) is 24.3 Å². The van der Waals surface area contributed by atoms with Crippen LogP contribution < -0.4 is 5.32 Å². The van der Waals surface area contributed by atoms with E-state index in [1.165, 1.54) is 4.90 Å². The van der Waals surface area contributed by atoms with Crippen LogP contribution in [0.3, 0.4) is 0 Å². The fourth-order valence-corrected chi connectivity index (χ4v) is 2.84. The first-order chi connectivity index (χ1) is 12.1. The predicted octanol–water partition coefficient (Wildman–Crippen LogP) is 2.44. The van der Waals surface area contributed by atoms with E-state index in [1.54, 1.807) is 31.2 Å². The molecular weight excluding hydrogens is 320 g/mol. The van der Waals surface area contributed by atoms with Crippen molar-refractivity contribution in [1.82, 2.24) is 10.2 Å². The van der Waals surface area contributed by atoms with Gasteiger partial charge in [0, 0.05) is 11.4 Å². The molecule has 0 saturated heterocycles. The molecule has 6 nitrogen and oxygen atoms in total. The van der Waals surface area contributed by atoms with E-state index in [1.807, 2.05) is 6.92 Å². The fraction of sp³-hybridized carbons (Fsp3) is 0.368. The smallest absolute Gasteiger partial charge is 0.261 e. The topological polar surface area (TPSA) is 67.9 Å². The van der Waals surface area contributed by atoms with E-state index in [0.717, 1.165) is 17.8 Å². The van der Waals surface area contributed by atoms with Crippen molar-refractivity contribution < 1.29 is 19.1 Å². The second-order valence-corrected chi connectivity index (χ2v) is 6.03. The normalized spacial score (nSPS) is 17.8. The molecule has 1 aromatic carbocycles. The monoisotopic (exact) mass is 342 g/mol. The van der Waals surface area contributed by atoms with Crippen molar-refractivity contribution in [3.05, 3.63) is 58.9 Å². The Hall–Kier alpha value is -2.44. The number of allylic oxidation sites excluding steroid dienone is 3. The van der Waals surface area contributed by atoms with Crippen LogP contribution in [0.25, 0.3) is 0 Å². The quantitative estimate of drug-likeness (QED) is 0.609. The summed E-state index contributed by atoms with van der Waals surface area (Å²) in [6.07, 6.45) is 4.64. The minimum absolute atomic E-state index is 0.211. The van der Waals surface area contributed by atoms with Crippen LogP contribution in [0.2, 0.25) is 0 Å². The number of rotatable bonds is 7. The first-order valence-electron chi connectivity index (χ1n) is 8.37. The Labute approximate surface area is 147 Å². The lowest BCUT2D eigenvalue weighted by Crippen LogP contribution is -2.34. The number of carbonyl (C=O) groups is 2. The molecule has 2 heterocycles. The van der Waals surface area contributed by atoms with Crippen molar-refractivity contribution in [3.63, 3.8) is 0 Å². The number of nitrogens with zero attached hydrogens (tertiary/aromatic N) is 1. The average Bonchev–Trinajstić information content (AvgIpc) is 2.85. The van der Waals surface area contributed by atoms with Crippen LogP contribution in [0.1, 0.15) is 41.0 Å². The molecule has 3 rings (SSSR count). The molecule has 25 heavy (non-hydrogen) atoms.